The standard InChI is InChI=1S/C22H26N4O2S/c1-16-21(22(28)26(25(16)3)18-8-6-5-7-9-18)23-20(27)15-24(2)14-17-10-12-19(29-4)13-11-17/h5-13H,14-15H2,1-4H3,(H,23,27). The molecule has 7 heteroatoms. The number of benzene rings is 2. The van der Waals surface area contributed by atoms with Gasteiger partial charge in [0.15, 0.2) is 0 Å². The maximum Gasteiger partial charge on any atom is 0.295 e. The second-order valence-electron chi connectivity index (χ2n) is 7.01. The van der Waals surface area contributed by atoms with E-state index in [1.165, 1.54) is 4.90 Å². The third-order valence-electron chi connectivity index (χ3n) is 4.84. The number of rotatable bonds is 7. The number of carbonyl (C=O) groups excluding carboxylic acids is 1. The van der Waals surface area contributed by atoms with Crippen molar-refractivity contribution in [2.24, 2.45) is 7.05 Å². The lowest BCUT2D eigenvalue weighted by atomic mass is 10.2. The van der Waals surface area contributed by atoms with E-state index in [1.54, 1.807) is 21.1 Å². The van der Waals surface area contributed by atoms with Crippen LogP contribution in [0, 0.1) is 6.92 Å². The molecule has 0 fully saturated rings. The second kappa shape index (κ2) is 9.15. The van der Waals surface area contributed by atoms with E-state index in [-0.39, 0.29) is 18.0 Å². The molecule has 152 valence electrons. The molecule has 29 heavy (non-hydrogen) atoms. The molecule has 0 bridgehead atoms. The molecule has 3 aromatic rings. The minimum absolute atomic E-state index is 0.198. The summed E-state index contributed by atoms with van der Waals surface area (Å²) in [4.78, 5) is 28.6. The predicted molar refractivity (Wildman–Crippen MR) is 119 cm³/mol. The van der Waals surface area contributed by atoms with Crippen molar-refractivity contribution in [3.05, 3.63) is 76.2 Å². The largest absolute Gasteiger partial charge is 0.319 e. The smallest absolute Gasteiger partial charge is 0.295 e. The minimum atomic E-state index is -0.236. The van der Waals surface area contributed by atoms with Gasteiger partial charge < -0.3 is 5.32 Å². The Bertz CT molecular complexity index is 1040. The van der Waals surface area contributed by atoms with Gasteiger partial charge in [-0.3, -0.25) is 19.2 Å². The van der Waals surface area contributed by atoms with Crippen molar-refractivity contribution in [2.45, 2.75) is 18.4 Å². The number of amides is 1. The van der Waals surface area contributed by atoms with Crippen molar-refractivity contribution in [3.8, 4) is 5.69 Å². The lowest BCUT2D eigenvalue weighted by Crippen LogP contribution is -2.31. The van der Waals surface area contributed by atoms with Gasteiger partial charge in [0.2, 0.25) is 5.91 Å². The van der Waals surface area contributed by atoms with E-state index in [0.717, 1.165) is 11.3 Å². The predicted octanol–water partition coefficient (Wildman–Crippen LogP) is 3.28. The van der Waals surface area contributed by atoms with E-state index >= 15 is 0 Å². The molecule has 2 aromatic carbocycles. The fourth-order valence-electron chi connectivity index (χ4n) is 3.23. The summed E-state index contributed by atoms with van der Waals surface area (Å²) < 4.78 is 3.31. The summed E-state index contributed by atoms with van der Waals surface area (Å²) in [6.45, 7) is 2.68. The molecule has 1 amide bonds. The lowest BCUT2D eigenvalue weighted by molar-refractivity contribution is -0.117. The van der Waals surface area contributed by atoms with Crippen molar-refractivity contribution in [3.63, 3.8) is 0 Å². The summed E-state index contributed by atoms with van der Waals surface area (Å²) in [5.74, 6) is -0.209. The summed E-state index contributed by atoms with van der Waals surface area (Å²) in [7, 11) is 3.70. The van der Waals surface area contributed by atoms with E-state index in [0.29, 0.717) is 17.9 Å². The molecule has 1 aromatic heterocycles. The maximum atomic E-state index is 12.9. The summed E-state index contributed by atoms with van der Waals surface area (Å²) >= 11 is 1.70. The van der Waals surface area contributed by atoms with Gasteiger partial charge in [-0.25, -0.2) is 4.68 Å². The van der Waals surface area contributed by atoms with Gasteiger partial charge in [0.1, 0.15) is 5.69 Å². The van der Waals surface area contributed by atoms with E-state index in [4.69, 9.17) is 0 Å². The normalized spacial score (nSPS) is 11.1. The Morgan fingerprint density at radius 2 is 1.76 bits per heavy atom. The first-order valence-electron chi connectivity index (χ1n) is 9.36. The van der Waals surface area contributed by atoms with E-state index < -0.39 is 0 Å². The summed E-state index contributed by atoms with van der Waals surface area (Å²) in [5, 5.41) is 2.81. The van der Waals surface area contributed by atoms with Crippen LogP contribution in [0.3, 0.4) is 0 Å². The van der Waals surface area contributed by atoms with Gasteiger partial charge in [-0.05, 0) is 50.1 Å². The maximum absolute atomic E-state index is 12.9. The molecule has 0 aliphatic heterocycles. The molecule has 0 aliphatic carbocycles. The highest BCUT2D eigenvalue weighted by Gasteiger charge is 2.18. The average Bonchev–Trinajstić information content (AvgIpc) is 2.92. The zero-order valence-electron chi connectivity index (χ0n) is 17.2. The number of thioether (sulfide) groups is 1. The number of nitrogens with one attached hydrogen (secondary N) is 1. The van der Waals surface area contributed by atoms with Crippen molar-refractivity contribution in [1.82, 2.24) is 14.3 Å². The lowest BCUT2D eigenvalue weighted by Gasteiger charge is -2.16. The van der Waals surface area contributed by atoms with Crippen LogP contribution in [0.15, 0.2) is 64.3 Å². The molecule has 0 atom stereocenters. The SMILES string of the molecule is CSc1ccc(CN(C)CC(=O)Nc2c(C)n(C)n(-c3ccccc3)c2=O)cc1. The summed E-state index contributed by atoms with van der Waals surface area (Å²) in [6.07, 6.45) is 2.04. The molecule has 0 aliphatic rings. The van der Waals surface area contributed by atoms with Crippen LogP contribution in [-0.4, -0.2) is 40.0 Å². The quantitative estimate of drug-likeness (QED) is 0.608. The van der Waals surface area contributed by atoms with Crippen LogP contribution < -0.4 is 10.9 Å². The Balaban J connectivity index is 1.69. The first kappa shape index (κ1) is 21.0. The number of anilines is 1. The number of para-hydroxylation sites is 1. The Labute approximate surface area is 175 Å². The van der Waals surface area contributed by atoms with Crippen molar-refractivity contribution in [1.29, 1.82) is 0 Å². The Morgan fingerprint density at radius 1 is 1.10 bits per heavy atom. The van der Waals surface area contributed by atoms with Crippen LogP contribution in [0.1, 0.15) is 11.3 Å². The third-order valence-corrected chi connectivity index (χ3v) is 5.59. The van der Waals surface area contributed by atoms with Gasteiger partial charge >= 0.3 is 0 Å². The average molecular weight is 411 g/mol. The molecule has 0 unspecified atom stereocenters. The fourth-order valence-corrected chi connectivity index (χ4v) is 3.64. The second-order valence-corrected chi connectivity index (χ2v) is 7.88. The van der Waals surface area contributed by atoms with Gasteiger partial charge in [-0.15, -0.1) is 11.8 Å². The van der Waals surface area contributed by atoms with E-state index in [2.05, 4.69) is 29.6 Å². The first-order chi connectivity index (χ1) is 13.9. The molecule has 0 saturated heterocycles. The summed E-state index contributed by atoms with van der Waals surface area (Å²) in [5.41, 5.74) is 2.69. The highest BCUT2D eigenvalue weighted by Crippen LogP contribution is 2.16. The molecular formula is C22H26N4O2S. The van der Waals surface area contributed by atoms with Gasteiger partial charge in [0.25, 0.3) is 5.56 Å². The van der Waals surface area contributed by atoms with E-state index in [1.807, 2.05) is 62.5 Å². The first-order valence-corrected chi connectivity index (χ1v) is 10.6. The topological polar surface area (TPSA) is 59.3 Å². The molecule has 1 heterocycles. The third kappa shape index (κ3) is 4.81. The molecular weight excluding hydrogens is 384 g/mol. The van der Waals surface area contributed by atoms with E-state index in [9.17, 15) is 9.59 Å². The van der Waals surface area contributed by atoms with Crippen LogP contribution in [0.25, 0.3) is 5.69 Å². The van der Waals surface area contributed by atoms with Crippen molar-refractivity contribution < 1.29 is 4.79 Å². The Morgan fingerprint density at radius 3 is 2.38 bits per heavy atom. The van der Waals surface area contributed by atoms with Crippen molar-refractivity contribution >= 4 is 23.4 Å². The van der Waals surface area contributed by atoms with Crippen molar-refractivity contribution in [2.75, 3.05) is 25.2 Å². The number of hydrogen-bond donors (Lipinski definition) is 1. The van der Waals surface area contributed by atoms with Crippen LogP contribution >= 0.6 is 11.8 Å². The van der Waals surface area contributed by atoms with Gasteiger partial charge in [0, 0.05) is 18.5 Å². The fraction of sp³-hybridized carbons (Fsp3) is 0.273. The number of nitrogens with zero attached hydrogens (tertiary/aromatic N) is 3. The molecule has 6 nitrogen and oxygen atoms in total. The number of aromatic nitrogens is 2. The highest BCUT2D eigenvalue weighted by atomic mass is 32.2. The number of carbonyl (C=O) groups is 1. The molecule has 1 N–H and O–H groups in total. The molecule has 0 radical (unpaired) electrons. The van der Waals surface area contributed by atoms with Gasteiger partial charge in [0.05, 0.1) is 17.9 Å². The van der Waals surface area contributed by atoms with Crippen LogP contribution in [0.2, 0.25) is 0 Å². The van der Waals surface area contributed by atoms with Gasteiger partial charge in [-0.1, -0.05) is 30.3 Å². The molecule has 0 spiro atoms. The Kier molecular flexibility index (Phi) is 6.61. The number of hydrogen-bond acceptors (Lipinski definition) is 4. The molecule has 0 saturated carbocycles. The monoisotopic (exact) mass is 410 g/mol. The molecule has 3 rings (SSSR count). The van der Waals surface area contributed by atoms with Crippen LogP contribution in [0.5, 0.6) is 0 Å². The zero-order valence-corrected chi connectivity index (χ0v) is 18.0. The van der Waals surface area contributed by atoms with Gasteiger partial charge in [-0.2, -0.15) is 0 Å². The Hall–Kier alpha value is -2.77. The van der Waals surface area contributed by atoms with Crippen LogP contribution in [-0.2, 0) is 18.4 Å². The van der Waals surface area contributed by atoms with Crippen LogP contribution in [0.4, 0.5) is 5.69 Å². The highest BCUT2D eigenvalue weighted by molar-refractivity contribution is 7.98. The zero-order chi connectivity index (χ0) is 21.0. The minimum Gasteiger partial charge on any atom is -0.319 e. The summed E-state index contributed by atoms with van der Waals surface area (Å²) in [6, 6.07) is 17.7. The number of likely N-dealkylation sites (N-methyl/N-ethyl adjacent to an activating group) is 1.